The fourth-order valence-electron chi connectivity index (χ4n) is 4.93. The Kier molecular flexibility index (Phi) is 11.0. The number of benzene rings is 4. The molecule has 4 aromatic carbocycles. The summed E-state index contributed by atoms with van der Waals surface area (Å²) in [6.45, 7) is 2.41. The van der Waals surface area contributed by atoms with E-state index in [-0.39, 0.29) is 28.8 Å². The van der Waals surface area contributed by atoms with Crippen LogP contribution in [0.5, 0.6) is 17.2 Å². The van der Waals surface area contributed by atoms with Gasteiger partial charge < -0.3 is 25.3 Å². The Hall–Kier alpha value is -4.17. The zero-order chi connectivity index (χ0) is 30.8. The van der Waals surface area contributed by atoms with Crippen molar-refractivity contribution in [2.24, 2.45) is 0 Å². The molecule has 5 rings (SSSR count). The van der Waals surface area contributed by atoms with Crippen LogP contribution in [0.15, 0.2) is 91.0 Å². The normalized spacial score (nSPS) is 14.7. The number of hydrogen-bond acceptors (Lipinski definition) is 6. The molecule has 0 bridgehead atoms. The van der Waals surface area contributed by atoms with Gasteiger partial charge in [0.15, 0.2) is 5.78 Å². The van der Waals surface area contributed by atoms with E-state index in [1.165, 1.54) is 30.3 Å². The summed E-state index contributed by atoms with van der Waals surface area (Å²) in [6.07, 6.45) is 6.14. The van der Waals surface area contributed by atoms with E-state index in [2.05, 4.69) is 4.90 Å². The van der Waals surface area contributed by atoms with Crippen LogP contribution in [-0.2, 0) is 5.60 Å². The highest BCUT2D eigenvalue weighted by molar-refractivity contribution is 6.30. The van der Waals surface area contributed by atoms with Crippen molar-refractivity contribution < 1.29 is 29.6 Å². The average Bonchev–Trinajstić information content (AvgIpc) is 2.98. The second-order valence-corrected chi connectivity index (χ2v) is 11.1. The van der Waals surface area contributed by atoms with Gasteiger partial charge in [0.25, 0.3) is 0 Å². The largest absolute Gasteiger partial charge is 0.508 e. The maximum absolute atomic E-state index is 12.9. The van der Waals surface area contributed by atoms with E-state index in [1.807, 2.05) is 30.3 Å². The van der Waals surface area contributed by atoms with E-state index in [9.17, 15) is 24.5 Å². The van der Waals surface area contributed by atoms with Crippen LogP contribution in [0.4, 0.5) is 4.39 Å². The molecular weight excluding hydrogens is 569 g/mol. The Morgan fingerprint density at radius 1 is 0.791 bits per heavy atom. The third-order valence-electron chi connectivity index (χ3n) is 7.40. The standard InChI is InChI=1S/C21H23ClFNO2.C14H12O3/c22-18-7-5-17(6-8-18)21(26)11-14-24(15-12-21)13-1-2-20(25)16-3-9-19(23)10-4-16;15-12-5-3-10(4-6-12)1-2-11-7-13(16)9-14(17)8-11/h3-10,26H,1-2,11-15H2;1-9,15-17H. The van der Waals surface area contributed by atoms with E-state index in [1.54, 1.807) is 42.5 Å². The molecule has 0 atom stereocenters. The van der Waals surface area contributed by atoms with Gasteiger partial charge in [0.2, 0.25) is 0 Å². The van der Waals surface area contributed by atoms with E-state index in [0.29, 0.717) is 35.4 Å². The molecule has 224 valence electrons. The van der Waals surface area contributed by atoms with Crippen molar-refractivity contribution in [1.29, 1.82) is 0 Å². The van der Waals surface area contributed by atoms with Crippen LogP contribution in [0.25, 0.3) is 12.2 Å². The van der Waals surface area contributed by atoms with Crippen molar-refractivity contribution >= 4 is 29.5 Å². The van der Waals surface area contributed by atoms with Crippen LogP contribution < -0.4 is 0 Å². The average molecular weight is 604 g/mol. The highest BCUT2D eigenvalue weighted by Crippen LogP contribution is 2.33. The maximum atomic E-state index is 12.9. The summed E-state index contributed by atoms with van der Waals surface area (Å²) in [5, 5.41) is 39.3. The molecule has 0 saturated carbocycles. The first kappa shape index (κ1) is 31.8. The number of Topliss-reactive ketones (excluding diaryl/α,β-unsaturated/α-hetero) is 1. The van der Waals surface area contributed by atoms with Crippen molar-refractivity contribution in [3.8, 4) is 17.2 Å². The fraction of sp³-hybridized carbons (Fsp3) is 0.229. The van der Waals surface area contributed by atoms with Gasteiger partial charge in [-0.05, 0) is 103 Å². The van der Waals surface area contributed by atoms with Crippen LogP contribution in [0.3, 0.4) is 0 Å². The summed E-state index contributed by atoms with van der Waals surface area (Å²) >= 11 is 5.92. The zero-order valence-corrected chi connectivity index (χ0v) is 24.4. The second-order valence-electron chi connectivity index (χ2n) is 10.6. The third kappa shape index (κ3) is 9.68. The molecule has 4 N–H and O–H groups in total. The number of carbonyl (C=O) groups is 1. The minimum atomic E-state index is -0.801. The summed E-state index contributed by atoms with van der Waals surface area (Å²) < 4.78 is 12.9. The predicted molar refractivity (Wildman–Crippen MR) is 168 cm³/mol. The first-order chi connectivity index (χ1) is 20.6. The number of piperidine rings is 1. The Balaban J connectivity index is 0.000000215. The lowest BCUT2D eigenvalue weighted by Gasteiger charge is -2.38. The lowest BCUT2D eigenvalue weighted by atomic mass is 9.84. The van der Waals surface area contributed by atoms with Gasteiger partial charge in [0.05, 0.1) is 5.60 Å². The number of nitrogens with zero attached hydrogens (tertiary/aromatic N) is 1. The number of rotatable bonds is 8. The summed E-state index contributed by atoms with van der Waals surface area (Å²) in [7, 11) is 0. The quantitative estimate of drug-likeness (QED) is 0.124. The van der Waals surface area contributed by atoms with Crippen molar-refractivity contribution in [2.45, 2.75) is 31.3 Å². The molecule has 1 saturated heterocycles. The van der Waals surface area contributed by atoms with Crippen LogP contribution in [0.2, 0.25) is 5.02 Å². The zero-order valence-electron chi connectivity index (χ0n) is 23.7. The summed E-state index contributed by atoms with van der Waals surface area (Å²) in [4.78, 5) is 14.4. The first-order valence-corrected chi connectivity index (χ1v) is 14.5. The van der Waals surface area contributed by atoms with Gasteiger partial charge in [-0.3, -0.25) is 4.79 Å². The van der Waals surface area contributed by atoms with Crippen molar-refractivity contribution in [1.82, 2.24) is 4.90 Å². The number of phenolic OH excluding ortho intramolecular Hbond substituents is 3. The second kappa shape index (κ2) is 14.8. The van der Waals surface area contributed by atoms with Crippen LogP contribution in [0.1, 0.15) is 52.7 Å². The molecule has 0 amide bonds. The molecule has 8 heteroatoms. The first-order valence-electron chi connectivity index (χ1n) is 14.1. The number of halogens is 2. The maximum Gasteiger partial charge on any atom is 0.162 e. The molecule has 1 fully saturated rings. The Bertz CT molecular complexity index is 1490. The number of aromatic hydroxyl groups is 3. The van der Waals surface area contributed by atoms with Gasteiger partial charge in [-0.2, -0.15) is 0 Å². The summed E-state index contributed by atoms with van der Waals surface area (Å²) in [5.41, 5.74) is 2.29. The minimum Gasteiger partial charge on any atom is -0.508 e. The molecule has 0 aromatic heterocycles. The highest BCUT2D eigenvalue weighted by atomic mass is 35.5. The molecule has 0 unspecified atom stereocenters. The van der Waals surface area contributed by atoms with Crippen LogP contribution in [0, 0.1) is 5.82 Å². The number of hydrogen-bond donors (Lipinski definition) is 4. The van der Waals surface area contributed by atoms with Gasteiger partial charge in [0.1, 0.15) is 23.1 Å². The molecule has 0 spiro atoms. The monoisotopic (exact) mass is 603 g/mol. The molecule has 1 heterocycles. The topological polar surface area (TPSA) is 101 Å². The smallest absolute Gasteiger partial charge is 0.162 e. The molecular formula is C35H35ClFNO5. The summed E-state index contributed by atoms with van der Waals surface area (Å²) in [6, 6.07) is 24.2. The van der Waals surface area contributed by atoms with Crippen molar-refractivity contribution in [2.75, 3.05) is 19.6 Å². The van der Waals surface area contributed by atoms with Gasteiger partial charge in [0, 0.05) is 36.2 Å². The molecule has 1 aliphatic heterocycles. The van der Waals surface area contributed by atoms with Crippen molar-refractivity contribution in [3.63, 3.8) is 0 Å². The summed E-state index contributed by atoms with van der Waals surface area (Å²) in [5.74, 6) is -0.0226. The lowest BCUT2D eigenvalue weighted by molar-refractivity contribution is -0.0260. The highest BCUT2D eigenvalue weighted by Gasteiger charge is 2.33. The molecule has 6 nitrogen and oxygen atoms in total. The SMILES string of the molecule is O=C(CCCN1CCC(O)(c2ccc(Cl)cc2)CC1)c1ccc(F)cc1.Oc1ccc(C=Cc2cc(O)cc(O)c2)cc1. The van der Waals surface area contributed by atoms with Gasteiger partial charge >= 0.3 is 0 Å². The molecule has 0 radical (unpaired) electrons. The molecule has 43 heavy (non-hydrogen) atoms. The Morgan fingerprint density at radius 2 is 1.37 bits per heavy atom. The van der Waals surface area contributed by atoms with E-state index in [0.717, 1.165) is 37.2 Å². The third-order valence-corrected chi connectivity index (χ3v) is 7.65. The van der Waals surface area contributed by atoms with Gasteiger partial charge in [-0.1, -0.05) is 48.0 Å². The number of phenols is 3. The van der Waals surface area contributed by atoms with Crippen LogP contribution in [-0.4, -0.2) is 50.7 Å². The fourth-order valence-corrected chi connectivity index (χ4v) is 5.06. The Morgan fingerprint density at radius 3 is 1.98 bits per heavy atom. The van der Waals surface area contributed by atoms with Gasteiger partial charge in [-0.25, -0.2) is 4.39 Å². The number of ketones is 1. The molecule has 0 aliphatic carbocycles. The number of likely N-dealkylation sites (tertiary alicyclic amines) is 1. The minimum absolute atomic E-state index is 0.0235. The van der Waals surface area contributed by atoms with E-state index >= 15 is 0 Å². The number of carbonyl (C=O) groups excluding carboxylic acids is 1. The molecule has 1 aliphatic rings. The van der Waals surface area contributed by atoms with Gasteiger partial charge in [-0.15, -0.1) is 0 Å². The van der Waals surface area contributed by atoms with Crippen LogP contribution >= 0.6 is 11.6 Å². The number of aliphatic hydroxyl groups is 1. The van der Waals surface area contributed by atoms with E-state index < -0.39 is 5.60 Å². The predicted octanol–water partition coefficient (Wildman–Crippen LogP) is 7.40. The molecule has 4 aromatic rings. The Labute approximate surface area is 255 Å². The lowest BCUT2D eigenvalue weighted by Crippen LogP contribution is -2.42. The van der Waals surface area contributed by atoms with E-state index in [4.69, 9.17) is 16.7 Å². The van der Waals surface area contributed by atoms with Crippen molar-refractivity contribution in [3.05, 3.63) is 124 Å².